The van der Waals surface area contributed by atoms with Gasteiger partial charge < -0.3 is 25.0 Å². The number of methoxy groups -OCH3 is 2. The maximum atomic E-state index is 11.5. The van der Waals surface area contributed by atoms with Gasteiger partial charge in [-0.25, -0.2) is 0 Å². The molecular formula is C19H30N4O3. The summed E-state index contributed by atoms with van der Waals surface area (Å²) in [5.41, 5.74) is 1.02. The molecular weight excluding hydrogens is 332 g/mol. The number of nitrogens with zero attached hydrogens (tertiary/aromatic N) is 2. The van der Waals surface area contributed by atoms with Crippen LogP contribution in [0.25, 0.3) is 0 Å². The summed E-state index contributed by atoms with van der Waals surface area (Å²) in [6, 6.07) is 5.84. The number of carbonyl (C=O) groups excluding carboxylic acids is 1. The van der Waals surface area contributed by atoms with E-state index in [9.17, 15) is 4.79 Å². The normalized spacial score (nSPS) is 15.5. The van der Waals surface area contributed by atoms with E-state index >= 15 is 0 Å². The standard InChI is InChI=1S/C19H30N4O3/c1-20-17(24)12-14-8-10-23(11-9-14)19(21-2)22-13-15-6-5-7-16(25-3)18(15)26-4/h5-7,14H,8-13H2,1-4H3,(H,20,24)(H,21,22). The molecule has 1 aliphatic rings. The van der Waals surface area contributed by atoms with Gasteiger partial charge in [-0.2, -0.15) is 0 Å². The van der Waals surface area contributed by atoms with Crippen molar-refractivity contribution < 1.29 is 14.3 Å². The molecule has 1 fully saturated rings. The fourth-order valence-corrected chi connectivity index (χ4v) is 3.31. The summed E-state index contributed by atoms with van der Waals surface area (Å²) in [7, 11) is 6.77. The molecule has 26 heavy (non-hydrogen) atoms. The van der Waals surface area contributed by atoms with Gasteiger partial charge in [0.05, 0.1) is 14.2 Å². The quantitative estimate of drug-likeness (QED) is 0.594. The monoisotopic (exact) mass is 362 g/mol. The van der Waals surface area contributed by atoms with Gasteiger partial charge in [-0.3, -0.25) is 9.79 Å². The van der Waals surface area contributed by atoms with E-state index < -0.39 is 0 Å². The SMILES string of the molecule is CN=C(NCc1cccc(OC)c1OC)N1CCC(CC(=O)NC)CC1. The van der Waals surface area contributed by atoms with Crippen molar-refractivity contribution in [2.24, 2.45) is 10.9 Å². The van der Waals surface area contributed by atoms with E-state index in [0.717, 1.165) is 49.0 Å². The summed E-state index contributed by atoms with van der Waals surface area (Å²) in [5.74, 6) is 2.89. The third kappa shape index (κ3) is 5.03. The molecule has 0 radical (unpaired) electrons. The van der Waals surface area contributed by atoms with Crippen molar-refractivity contribution in [3.05, 3.63) is 23.8 Å². The molecule has 1 aromatic rings. The highest BCUT2D eigenvalue weighted by Gasteiger charge is 2.23. The van der Waals surface area contributed by atoms with Gasteiger partial charge in [0.2, 0.25) is 5.91 Å². The van der Waals surface area contributed by atoms with E-state index in [-0.39, 0.29) is 5.91 Å². The predicted octanol–water partition coefficient (Wildman–Crippen LogP) is 1.63. The number of nitrogens with one attached hydrogen (secondary N) is 2. The number of hydrogen-bond donors (Lipinski definition) is 2. The molecule has 0 bridgehead atoms. The van der Waals surface area contributed by atoms with E-state index in [1.54, 1.807) is 28.3 Å². The second-order valence-electron chi connectivity index (χ2n) is 6.36. The summed E-state index contributed by atoms with van der Waals surface area (Å²) in [5, 5.41) is 6.11. The van der Waals surface area contributed by atoms with Gasteiger partial charge >= 0.3 is 0 Å². The summed E-state index contributed by atoms with van der Waals surface area (Å²) in [4.78, 5) is 18.2. The Labute approximate surface area is 155 Å². The molecule has 0 spiro atoms. The Kier molecular flexibility index (Phi) is 7.56. The minimum Gasteiger partial charge on any atom is -0.493 e. The smallest absolute Gasteiger partial charge is 0.220 e. The van der Waals surface area contributed by atoms with Crippen LogP contribution >= 0.6 is 0 Å². The zero-order valence-electron chi connectivity index (χ0n) is 16.2. The fourth-order valence-electron chi connectivity index (χ4n) is 3.31. The number of benzene rings is 1. The van der Waals surface area contributed by atoms with Gasteiger partial charge in [0.1, 0.15) is 0 Å². The number of aliphatic imine (C=N–C) groups is 1. The molecule has 1 aromatic carbocycles. The number of hydrogen-bond acceptors (Lipinski definition) is 4. The number of para-hydroxylation sites is 1. The van der Waals surface area contributed by atoms with Crippen LogP contribution in [0.1, 0.15) is 24.8 Å². The van der Waals surface area contributed by atoms with E-state index in [0.29, 0.717) is 18.9 Å². The van der Waals surface area contributed by atoms with Crippen molar-refractivity contribution in [1.82, 2.24) is 15.5 Å². The second-order valence-corrected chi connectivity index (χ2v) is 6.36. The van der Waals surface area contributed by atoms with E-state index in [4.69, 9.17) is 9.47 Å². The van der Waals surface area contributed by atoms with Crippen molar-refractivity contribution in [3.8, 4) is 11.5 Å². The lowest BCUT2D eigenvalue weighted by atomic mass is 9.93. The molecule has 0 atom stereocenters. The molecule has 144 valence electrons. The first-order valence-electron chi connectivity index (χ1n) is 8.99. The van der Waals surface area contributed by atoms with Crippen molar-refractivity contribution >= 4 is 11.9 Å². The first-order chi connectivity index (χ1) is 12.6. The van der Waals surface area contributed by atoms with E-state index in [1.807, 2.05) is 18.2 Å². The summed E-state index contributed by atoms with van der Waals surface area (Å²) >= 11 is 0. The largest absolute Gasteiger partial charge is 0.493 e. The topological polar surface area (TPSA) is 75.2 Å². The zero-order chi connectivity index (χ0) is 18.9. The van der Waals surface area contributed by atoms with Crippen LogP contribution in [0.4, 0.5) is 0 Å². The second kappa shape index (κ2) is 9.89. The number of piperidine rings is 1. The Hall–Kier alpha value is -2.44. The molecule has 1 amide bonds. The lowest BCUT2D eigenvalue weighted by molar-refractivity contribution is -0.121. The third-order valence-corrected chi connectivity index (χ3v) is 4.80. The summed E-state index contributed by atoms with van der Waals surface area (Å²) < 4.78 is 10.8. The third-order valence-electron chi connectivity index (χ3n) is 4.80. The first kappa shape index (κ1) is 19.9. The van der Waals surface area contributed by atoms with Gasteiger partial charge in [-0.1, -0.05) is 12.1 Å². The fraction of sp³-hybridized carbons (Fsp3) is 0.579. The Balaban J connectivity index is 1.92. The molecule has 2 N–H and O–H groups in total. The van der Waals surface area contributed by atoms with E-state index in [2.05, 4.69) is 20.5 Å². The van der Waals surface area contributed by atoms with E-state index in [1.165, 1.54) is 0 Å². The van der Waals surface area contributed by atoms with Crippen LogP contribution in [0.5, 0.6) is 11.5 Å². The summed E-state index contributed by atoms with van der Waals surface area (Å²) in [6.45, 7) is 2.40. The van der Waals surface area contributed by atoms with Crippen LogP contribution in [0.3, 0.4) is 0 Å². The molecule has 0 unspecified atom stereocenters. The van der Waals surface area contributed by atoms with Crippen molar-refractivity contribution in [2.75, 3.05) is 41.4 Å². The highest BCUT2D eigenvalue weighted by atomic mass is 16.5. The van der Waals surface area contributed by atoms with Crippen molar-refractivity contribution in [1.29, 1.82) is 0 Å². The van der Waals surface area contributed by atoms with Crippen LogP contribution in [0.2, 0.25) is 0 Å². The van der Waals surface area contributed by atoms with Gasteiger partial charge in [0.15, 0.2) is 17.5 Å². The molecule has 0 saturated carbocycles. The first-order valence-corrected chi connectivity index (χ1v) is 8.99. The van der Waals surface area contributed by atoms with Crippen LogP contribution < -0.4 is 20.1 Å². The predicted molar refractivity (Wildman–Crippen MR) is 103 cm³/mol. The zero-order valence-corrected chi connectivity index (χ0v) is 16.2. The molecule has 0 aliphatic carbocycles. The average molecular weight is 362 g/mol. The Morgan fingerprint density at radius 1 is 1.27 bits per heavy atom. The number of carbonyl (C=O) groups is 1. The number of amides is 1. The molecule has 7 nitrogen and oxygen atoms in total. The van der Waals surface area contributed by atoms with Crippen molar-refractivity contribution in [3.63, 3.8) is 0 Å². The van der Waals surface area contributed by atoms with Crippen molar-refractivity contribution in [2.45, 2.75) is 25.8 Å². The molecule has 1 saturated heterocycles. The van der Waals surface area contributed by atoms with Gasteiger partial charge in [0, 0.05) is 45.7 Å². The molecule has 1 heterocycles. The Bertz CT molecular complexity index is 625. The van der Waals surface area contributed by atoms with Crippen LogP contribution in [-0.2, 0) is 11.3 Å². The maximum Gasteiger partial charge on any atom is 0.220 e. The highest BCUT2D eigenvalue weighted by molar-refractivity contribution is 5.80. The molecule has 0 aromatic heterocycles. The number of guanidine groups is 1. The minimum atomic E-state index is 0.121. The maximum absolute atomic E-state index is 11.5. The lowest BCUT2D eigenvalue weighted by Gasteiger charge is -2.34. The number of likely N-dealkylation sites (tertiary alicyclic amines) is 1. The van der Waals surface area contributed by atoms with Crippen LogP contribution in [0, 0.1) is 5.92 Å². The lowest BCUT2D eigenvalue weighted by Crippen LogP contribution is -2.45. The van der Waals surface area contributed by atoms with Crippen LogP contribution in [0.15, 0.2) is 23.2 Å². The molecule has 7 heteroatoms. The Morgan fingerprint density at radius 3 is 2.58 bits per heavy atom. The van der Waals surface area contributed by atoms with Gasteiger partial charge in [0.25, 0.3) is 0 Å². The van der Waals surface area contributed by atoms with Crippen LogP contribution in [-0.4, -0.2) is 58.2 Å². The van der Waals surface area contributed by atoms with Gasteiger partial charge in [-0.15, -0.1) is 0 Å². The molecule has 1 aliphatic heterocycles. The minimum absolute atomic E-state index is 0.121. The summed E-state index contributed by atoms with van der Waals surface area (Å²) in [6.07, 6.45) is 2.60. The Morgan fingerprint density at radius 2 is 2.00 bits per heavy atom. The number of rotatable bonds is 6. The highest BCUT2D eigenvalue weighted by Crippen LogP contribution is 2.30. The number of ether oxygens (including phenoxy) is 2. The molecule has 2 rings (SSSR count). The van der Waals surface area contributed by atoms with Gasteiger partial charge in [-0.05, 0) is 24.8 Å². The average Bonchev–Trinajstić information content (AvgIpc) is 2.69.